The Morgan fingerprint density at radius 1 is 1.50 bits per heavy atom. The summed E-state index contributed by atoms with van der Waals surface area (Å²) in [4.78, 5) is 32.8. The number of halogens is 1. The van der Waals surface area contributed by atoms with Crippen molar-refractivity contribution in [3.05, 3.63) is 50.2 Å². The predicted octanol–water partition coefficient (Wildman–Crippen LogP) is 2.23. The molecule has 0 radical (unpaired) electrons. The maximum atomic E-state index is 11.3. The van der Waals surface area contributed by atoms with Gasteiger partial charge in [-0.05, 0) is 35.0 Å². The Hall–Kier alpha value is -1.67. The SMILES string of the molecule is Cc1[nH]c(=O)nc(SCc2ccc(Br)cn2)c1C(=O)O. The van der Waals surface area contributed by atoms with Gasteiger partial charge < -0.3 is 10.1 Å². The van der Waals surface area contributed by atoms with Crippen molar-refractivity contribution >= 4 is 33.7 Å². The molecule has 2 N–H and O–H groups in total. The minimum Gasteiger partial charge on any atom is -0.478 e. The summed E-state index contributed by atoms with van der Waals surface area (Å²) in [5.74, 6) is -0.679. The van der Waals surface area contributed by atoms with E-state index in [-0.39, 0.29) is 10.6 Å². The van der Waals surface area contributed by atoms with Crippen LogP contribution in [0.2, 0.25) is 0 Å². The van der Waals surface area contributed by atoms with E-state index in [2.05, 4.69) is 30.9 Å². The third-order valence-electron chi connectivity index (χ3n) is 2.45. The highest BCUT2D eigenvalue weighted by atomic mass is 79.9. The lowest BCUT2D eigenvalue weighted by Gasteiger charge is -2.06. The molecule has 2 rings (SSSR count). The van der Waals surface area contributed by atoms with Crippen molar-refractivity contribution in [2.24, 2.45) is 0 Å². The molecule has 0 bridgehead atoms. The fraction of sp³-hybridized carbons (Fsp3) is 0.167. The Morgan fingerprint density at radius 2 is 2.25 bits per heavy atom. The number of pyridine rings is 1. The Bertz CT molecular complexity index is 700. The fourth-order valence-electron chi connectivity index (χ4n) is 1.55. The van der Waals surface area contributed by atoms with Crippen LogP contribution in [-0.4, -0.2) is 26.0 Å². The molecule has 0 aliphatic rings. The number of H-pyrrole nitrogens is 1. The third kappa shape index (κ3) is 3.45. The van der Waals surface area contributed by atoms with E-state index in [1.54, 1.807) is 6.20 Å². The average molecular weight is 356 g/mol. The normalized spacial score (nSPS) is 10.5. The van der Waals surface area contributed by atoms with Crippen LogP contribution in [0.1, 0.15) is 21.7 Å². The topological polar surface area (TPSA) is 95.9 Å². The van der Waals surface area contributed by atoms with E-state index < -0.39 is 11.7 Å². The molecule has 20 heavy (non-hydrogen) atoms. The van der Waals surface area contributed by atoms with Gasteiger partial charge in [-0.1, -0.05) is 11.8 Å². The van der Waals surface area contributed by atoms with Crippen LogP contribution in [0.4, 0.5) is 0 Å². The van der Waals surface area contributed by atoms with Gasteiger partial charge >= 0.3 is 11.7 Å². The van der Waals surface area contributed by atoms with E-state index in [0.29, 0.717) is 11.4 Å². The van der Waals surface area contributed by atoms with Crippen LogP contribution in [0.3, 0.4) is 0 Å². The van der Waals surface area contributed by atoms with Crippen molar-refractivity contribution in [3.63, 3.8) is 0 Å². The summed E-state index contributed by atoms with van der Waals surface area (Å²) in [6.07, 6.45) is 1.66. The molecule has 104 valence electrons. The second-order valence-electron chi connectivity index (χ2n) is 3.91. The van der Waals surface area contributed by atoms with Gasteiger partial charge in [0.1, 0.15) is 10.6 Å². The highest BCUT2D eigenvalue weighted by Gasteiger charge is 2.17. The molecule has 0 amide bonds. The number of carboxylic acids is 1. The minimum atomic E-state index is -1.11. The lowest BCUT2D eigenvalue weighted by molar-refractivity contribution is 0.0690. The summed E-state index contributed by atoms with van der Waals surface area (Å²) in [6.45, 7) is 1.54. The van der Waals surface area contributed by atoms with Crippen LogP contribution in [0.5, 0.6) is 0 Å². The molecule has 8 heteroatoms. The van der Waals surface area contributed by atoms with Crippen LogP contribution in [0.15, 0.2) is 32.6 Å². The predicted molar refractivity (Wildman–Crippen MR) is 78.1 cm³/mol. The summed E-state index contributed by atoms with van der Waals surface area (Å²) < 4.78 is 0.864. The van der Waals surface area contributed by atoms with Crippen molar-refractivity contribution in [2.45, 2.75) is 17.7 Å². The van der Waals surface area contributed by atoms with Gasteiger partial charge in [-0.25, -0.2) is 9.59 Å². The Kier molecular flexibility index (Phi) is 4.56. The highest BCUT2D eigenvalue weighted by molar-refractivity contribution is 9.10. The van der Waals surface area contributed by atoms with E-state index >= 15 is 0 Å². The lowest BCUT2D eigenvalue weighted by Crippen LogP contribution is -2.18. The number of thioether (sulfide) groups is 1. The fourth-order valence-corrected chi connectivity index (χ4v) is 2.77. The maximum Gasteiger partial charge on any atom is 0.346 e. The van der Waals surface area contributed by atoms with Crippen molar-refractivity contribution < 1.29 is 9.90 Å². The number of nitrogens with zero attached hydrogens (tertiary/aromatic N) is 2. The molecule has 0 unspecified atom stereocenters. The zero-order valence-electron chi connectivity index (χ0n) is 10.4. The largest absolute Gasteiger partial charge is 0.478 e. The molecule has 0 saturated heterocycles. The average Bonchev–Trinajstić information content (AvgIpc) is 2.36. The van der Waals surface area contributed by atoms with Gasteiger partial charge in [0.05, 0.1) is 5.69 Å². The van der Waals surface area contributed by atoms with E-state index in [0.717, 1.165) is 10.2 Å². The number of hydrogen-bond acceptors (Lipinski definition) is 5. The molecule has 0 fully saturated rings. The zero-order valence-corrected chi connectivity index (χ0v) is 12.8. The molecule has 0 aliphatic carbocycles. The van der Waals surface area contributed by atoms with Crippen LogP contribution < -0.4 is 5.69 Å². The lowest BCUT2D eigenvalue weighted by atomic mass is 10.2. The summed E-state index contributed by atoms with van der Waals surface area (Å²) in [6, 6.07) is 3.66. The van der Waals surface area contributed by atoms with Crippen molar-refractivity contribution in [3.8, 4) is 0 Å². The van der Waals surface area contributed by atoms with Gasteiger partial charge in [-0.15, -0.1) is 0 Å². The maximum absolute atomic E-state index is 11.3. The number of aromatic nitrogens is 3. The Morgan fingerprint density at radius 3 is 2.85 bits per heavy atom. The second kappa shape index (κ2) is 6.19. The molecule has 2 aromatic rings. The van der Waals surface area contributed by atoms with Crippen molar-refractivity contribution in [1.29, 1.82) is 0 Å². The number of rotatable bonds is 4. The molecule has 6 nitrogen and oxygen atoms in total. The molecule has 0 saturated carbocycles. The number of carboxylic acid groups (broad SMARTS) is 1. The Labute approximate surface area is 126 Å². The standard InChI is InChI=1S/C12H10BrN3O3S/c1-6-9(11(17)18)10(16-12(19)15-6)20-5-8-3-2-7(13)4-14-8/h2-4H,5H2,1H3,(H,17,18)(H,15,16,19). The van der Waals surface area contributed by atoms with Crippen molar-refractivity contribution in [2.75, 3.05) is 0 Å². The first kappa shape index (κ1) is 14.7. The van der Waals surface area contributed by atoms with Crippen LogP contribution in [-0.2, 0) is 5.75 Å². The minimum absolute atomic E-state index is 0.0201. The number of aromatic amines is 1. The van der Waals surface area contributed by atoms with Crippen molar-refractivity contribution in [1.82, 2.24) is 15.0 Å². The van der Waals surface area contributed by atoms with E-state index in [4.69, 9.17) is 0 Å². The number of hydrogen-bond donors (Lipinski definition) is 2. The smallest absolute Gasteiger partial charge is 0.346 e. The first-order valence-electron chi connectivity index (χ1n) is 5.55. The molecule has 2 aromatic heterocycles. The number of carbonyl (C=O) groups is 1. The highest BCUT2D eigenvalue weighted by Crippen LogP contribution is 2.24. The zero-order chi connectivity index (χ0) is 14.7. The summed E-state index contributed by atoms with van der Waals surface area (Å²) >= 11 is 4.46. The van der Waals surface area contributed by atoms with Gasteiger partial charge in [-0.3, -0.25) is 4.98 Å². The van der Waals surface area contributed by atoms with E-state index in [1.165, 1.54) is 18.7 Å². The molecule has 0 aromatic carbocycles. The molecule has 0 aliphatic heterocycles. The second-order valence-corrected chi connectivity index (χ2v) is 5.79. The summed E-state index contributed by atoms with van der Waals surface area (Å²) in [7, 11) is 0. The number of aryl methyl sites for hydroxylation is 1. The molecule has 0 atom stereocenters. The van der Waals surface area contributed by atoms with Gasteiger partial charge in [0, 0.05) is 22.1 Å². The van der Waals surface area contributed by atoms with Crippen LogP contribution in [0, 0.1) is 6.92 Å². The van der Waals surface area contributed by atoms with Crippen LogP contribution >= 0.6 is 27.7 Å². The van der Waals surface area contributed by atoms with E-state index in [9.17, 15) is 14.7 Å². The third-order valence-corrected chi connectivity index (χ3v) is 3.92. The monoisotopic (exact) mass is 355 g/mol. The molecule has 2 heterocycles. The number of aromatic carboxylic acids is 1. The van der Waals surface area contributed by atoms with Crippen LogP contribution in [0.25, 0.3) is 0 Å². The number of nitrogens with one attached hydrogen (secondary N) is 1. The molecular weight excluding hydrogens is 346 g/mol. The quantitative estimate of drug-likeness (QED) is 0.644. The van der Waals surface area contributed by atoms with Gasteiger partial charge in [0.15, 0.2) is 0 Å². The summed E-state index contributed by atoms with van der Waals surface area (Å²) in [5, 5.41) is 9.37. The van der Waals surface area contributed by atoms with Gasteiger partial charge in [0.25, 0.3) is 0 Å². The molecule has 0 spiro atoms. The molecular formula is C12H10BrN3O3S. The first-order chi connectivity index (χ1) is 9.47. The Balaban J connectivity index is 2.27. The van der Waals surface area contributed by atoms with E-state index in [1.807, 2.05) is 12.1 Å². The van der Waals surface area contributed by atoms with Gasteiger partial charge in [0.2, 0.25) is 0 Å². The van der Waals surface area contributed by atoms with Gasteiger partial charge in [-0.2, -0.15) is 4.98 Å². The summed E-state index contributed by atoms with van der Waals surface area (Å²) in [5.41, 5.74) is 0.531. The first-order valence-corrected chi connectivity index (χ1v) is 7.32.